The summed E-state index contributed by atoms with van der Waals surface area (Å²) in [6, 6.07) is 7.93. The fourth-order valence-electron chi connectivity index (χ4n) is 3.84. The van der Waals surface area contributed by atoms with Crippen molar-refractivity contribution in [1.29, 1.82) is 0 Å². The first kappa shape index (κ1) is 22.6. The van der Waals surface area contributed by atoms with E-state index in [4.69, 9.17) is 11.6 Å². The van der Waals surface area contributed by atoms with Crippen molar-refractivity contribution in [3.63, 3.8) is 0 Å². The van der Waals surface area contributed by atoms with Gasteiger partial charge in [0.05, 0.1) is 6.42 Å². The zero-order chi connectivity index (χ0) is 21.9. The van der Waals surface area contributed by atoms with Gasteiger partial charge in [0.2, 0.25) is 11.1 Å². The molecule has 1 aromatic carbocycles. The summed E-state index contributed by atoms with van der Waals surface area (Å²) in [5.74, 6) is 0.546. The van der Waals surface area contributed by atoms with Crippen molar-refractivity contribution in [1.82, 2.24) is 24.9 Å². The van der Waals surface area contributed by atoms with Crippen LogP contribution in [0.25, 0.3) is 5.78 Å². The van der Waals surface area contributed by atoms with Crippen molar-refractivity contribution in [3.05, 3.63) is 51.8 Å². The van der Waals surface area contributed by atoms with Gasteiger partial charge >= 0.3 is 0 Å². The Morgan fingerprint density at radius 1 is 1.17 bits per heavy atom. The highest BCUT2D eigenvalue weighted by Crippen LogP contribution is 2.32. The fraction of sp³-hybridized carbons (Fsp3) is 0.455. The first-order chi connectivity index (χ1) is 14.3. The van der Waals surface area contributed by atoms with E-state index in [-0.39, 0.29) is 17.7 Å². The van der Waals surface area contributed by atoms with E-state index in [9.17, 15) is 4.79 Å². The van der Waals surface area contributed by atoms with Gasteiger partial charge in [-0.25, -0.2) is 9.50 Å². The van der Waals surface area contributed by atoms with Gasteiger partial charge in [-0.05, 0) is 50.6 Å². The second-order valence-electron chi connectivity index (χ2n) is 7.52. The van der Waals surface area contributed by atoms with E-state index in [0.29, 0.717) is 17.5 Å². The molecule has 0 aliphatic rings. The molecule has 0 radical (unpaired) electrons. The summed E-state index contributed by atoms with van der Waals surface area (Å²) in [6.45, 7) is 8.77. The molecule has 2 aromatic heterocycles. The normalized spacial score (nSPS) is 11.8. The molecular weight excluding hydrogens is 418 g/mol. The number of aryl methyl sites for hydroxylation is 2. The summed E-state index contributed by atoms with van der Waals surface area (Å²) in [5, 5.41) is 9.01. The molecule has 6 nitrogen and oxygen atoms in total. The second-order valence-corrected chi connectivity index (χ2v) is 8.73. The summed E-state index contributed by atoms with van der Waals surface area (Å²) in [6.07, 6.45) is 4.04. The van der Waals surface area contributed by atoms with E-state index in [2.05, 4.69) is 46.4 Å². The third kappa shape index (κ3) is 4.47. The number of thioether (sulfide) groups is 1. The Hall–Kier alpha value is -2.12. The smallest absolute Gasteiger partial charge is 0.253 e. The Morgan fingerprint density at radius 2 is 1.83 bits per heavy atom. The number of halogens is 1. The number of hydrogen-bond donors (Lipinski definition) is 1. The molecule has 1 N–H and O–H groups in total. The van der Waals surface area contributed by atoms with Crippen LogP contribution in [0.3, 0.4) is 0 Å². The predicted molar refractivity (Wildman–Crippen MR) is 122 cm³/mol. The molecular formula is C22H28ClN5OS. The number of carbonyl (C=O) groups is 1. The quantitative estimate of drug-likeness (QED) is 0.515. The van der Waals surface area contributed by atoms with Gasteiger partial charge in [0.25, 0.3) is 5.78 Å². The third-order valence-corrected chi connectivity index (χ3v) is 6.77. The molecule has 0 saturated heterocycles. The van der Waals surface area contributed by atoms with Crippen molar-refractivity contribution in [2.75, 3.05) is 12.8 Å². The lowest BCUT2D eigenvalue weighted by molar-refractivity contribution is -0.120. The van der Waals surface area contributed by atoms with Gasteiger partial charge in [0.1, 0.15) is 0 Å². The largest absolute Gasteiger partial charge is 0.355 e. The molecule has 1 amide bonds. The standard InChI is InChI=1S/C22H28ClN5OS/c1-6-22(7-2,16-8-10-17(23)11-9-16)13-24-19(29)12-18-14(3)25-20-26-21(30-5)27-28(20)15(18)4/h8-11H,6-7,12-13H2,1-5H3,(H,24,29). The number of rotatable bonds is 8. The predicted octanol–water partition coefficient (Wildman–Crippen LogP) is 4.53. The summed E-state index contributed by atoms with van der Waals surface area (Å²) < 4.78 is 1.72. The van der Waals surface area contributed by atoms with Crippen LogP contribution in [0.5, 0.6) is 0 Å². The van der Waals surface area contributed by atoms with Crippen LogP contribution in [0.15, 0.2) is 29.4 Å². The minimum absolute atomic E-state index is 0.0206. The van der Waals surface area contributed by atoms with Crippen molar-refractivity contribution in [2.24, 2.45) is 0 Å². The van der Waals surface area contributed by atoms with E-state index < -0.39 is 0 Å². The topological polar surface area (TPSA) is 72.2 Å². The van der Waals surface area contributed by atoms with Crippen LogP contribution in [0.1, 0.15) is 49.2 Å². The van der Waals surface area contributed by atoms with Crippen molar-refractivity contribution in [2.45, 2.75) is 57.5 Å². The average molecular weight is 446 g/mol. The SMILES string of the molecule is CCC(CC)(CNC(=O)Cc1c(C)nc2nc(SC)nn2c1C)c1ccc(Cl)cc1. The molecule has 0 atom stereocenters. The monoisotopic (exact) mass is 445 g/mol. The van der Waals surface area contributed by atoms with E-state index in [0.717, 1.165) is 34.8 Å². The number of aromatic nitrogens is 4. The van der Waals surface area contributed by atoms with Crippen molar-refractivity contribution < 1.29 is 4.79 Å². The molecule has 160 valence electrons. The molecule has 0 aliphatic heterocycles. The van der Waals surface area contributed by atoms with Gasteiger partial charge < -0.3 is 5.32 Å². The minimum atomic E-state index is -0.119. The van der Waals surface area contributed by atoms with Crippen LogP contribution in [-0.4, -0.2) is 38.3 Å². The van der Waals surface area contributed by atoms with E-state index in [1.807, 2.05) is 32.2 Å². The Labute approximate surface area is 186 Å². The van der Waals surface area contributed by atoms with Crippen LogP contribution in [0, 0.1) is 13.8 Å². The molecule has 2 heterocycles. The lowest BCUT2D eigenvalue weighted by Gasteiger charge is -2.33. The van der Waals surface area contributed by atoms with E-state index in [1.165, 1.54) is 17.3 Å². The van der Waals surface area contributed by atoms with Crippen molar-refractivity contribution in [3.8, 4) is 0 Å². The maximum Gasteiger partial charge on any atom is 0.253 e. The first-order valence-electron chi connectivity index (χ1n) is 10.1. The van der Waals surface area contributed by atoms with Crippen LogP contribution < -0.4 is 5.32 Å². The molecule has 0 bridgehead atoms. The summed E-state index contributed by atoms with van der Waals surface area (Å²) >= 11 is 7.53. The maximum absolute atomic E-state index is 12.9. The maximum atomic E-state index is 12.9. The lowest BCUT2D eigenvalue weighted by Crippen LogP contribution is -2.40. The highest BCUT2D eigenvalue weighted by atomic mass is 35.5. The van der Waals surface area contributed by atoms with Crippen LogP contribution in [0.4, 0.5) is 0 Å². The Kier molecular flexibility index (Phi) is 7.03. The van der Waals surface area contributed by atoms with E-state index >= 15 is 0 Å². The van der Waals surface area contributed by atoms with Crippen molar-refractivity contribution >= 4 is 35.0 Å². The number of benzene rings is 1. The molecule has 0 aliphatic carbocycles. The van der Waals surface area contributed by atoms with Gasteiger partial charge in [-0.1, -0.05) is 49.3 Å². The van der Waals surface area contributed by atoms with Gasteiger partial charge in [0.15, 0.2) is 0 Å². The molecule has 0 saturated carbocycles. The fourth-order valence-corrected chi connectivity index (χ4v) is 4.30. The lowest BCUT2D eigenvalue weighted by atomic mass is 9.75. The minimum Gasteiger partial charge on any atom is -0.355 e. The number of hydrogen-bond acceptors (Lipinski definition) is 5. The van der Waals surface area contributed by atoms with Gasteiger partial charge in [-0.15, -0.1) is 5.10 Å². The number of carbonyl (C=O) groups excluding carboxylic acids is 1. The average Bonchev–Trinajstić information content (AvgIpc) is 3.16. The molecule has 3 rings (SSSR count). The number of nitrogens with one attached hydrogen (secondary N) is 1. The number of nitrogens with zero attached hydrogens (tertiary/aromatic N) is 4. The highest BCUT2D eigenvalue weighted by molar-refractivity contribution is 7.98. The van der Waals surface area contributed by atoms with Crippen LogP contribution in [0.2, 0.25) is 5.02 Å². The summed E-state index contributed by atoms with van der Waals surface area (Å²) in [7, 11) is 0. The Bertz CT molecular complexity index is 1040. The van der Waals surface area contributed by atoms with Crippen LogP contribution in [-0.2, 0) is 16.6 Å². The third-order valence-electron chi connectivity index (χ3n) is 5.98. The van der Waals surface area contributed by atoms with Gasteiger partial charge in [-0.3, -0.25) is 4.79 Å². The molecule has 30 heavy (non-hydrogen) atoms. The van der Waals surface area contributed by atoms with Gasteiger partial charge in [0, 0.05) is 33.9 Å². The zero-order valence-corrected chi connectivity index (χ0v) is 19.7. The number of amides is 1. The number of fused-ring (bicyclic) bond motifs is 1. The molecule has 3 aromatic rings. The highest BCUT2D eigenvalue weighted by Gasteiger charge is 2.29. The Morgan fingerprint density at radius 3 is 2.43 bits per heavy atom. The second kappa shape index (κ2) is 9.35. The van der Waals surface area contributed by atoms with Gasteiger partial charge in [-0.2, -0.15) is 4.98 Å². The summed E-state index contributed by atoms with van der Waals surface area (Å²) in [4.78, 5) is 21.8. The van der Waals surface area contributed by atoms with Crippen LogP contribution >= 0.6 is 23.4 Å². The molecule has 0 unspecified atom stereocenters. The Balaban J connectivity index is 1.78. The zero-order valence-electron chi connectivity index (χ0n) is 18.1. The molecule has 8 heteroatoms. The molecule has 0 fully saturated rings. The first-order valence-corrected chi connectivity index (χ1v) is 11.7. The molecule has 0 spiro atoms. The van der Waals surface area contributed by atoms with E-state index in [1.54, 1.807) is 4.52 Å². The summed E-state index contributed by atoms with van der Waals surface area (Å²) in [5.41, 5.74) is 3.68.